The lowest BCUT2D eigenvalue weighted by Gasteiger charge is -2.07. The summed E-state index contributed by atoms with van der Waals surface area (Å²) in [5.41, 5.74) is 0.358. The molecule has 128 valence electrons. The Labute approximate surface area is 147 Å². The van der Waals surface area contributed by atoms with Crippen molar-refractivity contribution in [2.24, 2.45) is 0 Å². The first kappa shape index (κ1) is 16.8. The molecule has 0 atom stereocenters. The van der Waals surface area contributed by atoms with E-state index in [4.69, 9.17) is 9.47 Å². The minimum Gasteiger partial charge on any atom is -0.496 e. The molecule has 0 aliphatic rings. The zero-order valence-corrected chi connectivity index (χ0v) is 14.1. The Bertz CT molecular complexity index is 876. The van der Waals surface area contributed by atoms with Crippen molar-refractivity contribution in [3.8, 4) is 16.5 Å². The summed E-state index contributed by atoms with van der Waals surface area (Å²) in [5.74, 6) is -0.106. The predicted molar refractivity (Wildman–Crippen MR) is 89.4 cm³/mol. The van der Waals surface area contributed by atoms with Crippen LogP contribution in [0.25, 0.3) is 10.7 Å². The molecule has 0 unspecified atom stereocenters. The van der Waals surface area contributed by atoms with E-state index in [0.717, 1.165) is 9.67 Å². The van der Waals surface area contributed by atoms with Crippen molar-refractivity contribution in [1.82, 2.24) is 20.2 Å². The highest BCUT2D eigenvalue weighted by molar-refractivity contribution is 7.13. The highest BCUT2D eigenvalue weighted by Gasteiger charge is 2.15. The maximum Gasteiger partial charge on any atom is 0.330 e. The van der Waals surface area contributed by atoms with E-state index in [-0.39, 0.29) is 18.9 Å². The number of methoxy groups -OCH3 is 1. The van der Waals surface area contributed by atoms with Crippen LogP contribution in [0.15, 0.2) is 41.8 Å². The Morgan fingerprint density at radius 3 is 2.80 bits per heavy atom. The molecule has 9 heteroatoms. The zero-order valence-electron chi connectivity index (χ0n) is 13.3. The number of hydrogen-bond donors (Lipinski definition) is 0. The summed E-state index contributed by atoms with van der Waals surface area (Å²) in [7, 11) is 1.47. The Kier molecular flexibility index (Phi) is 5.14. The lowest BCUT2D eigenvalue weighted by Crippen LogP contribution is -2.20. The van der Waals surface area contributed by atoms with Crippen LogP contribution in [0.3, 0.4) is 0 Å². The Hall–Kier alpha value is -3.07. The number of ketones is 1. The molecule has 1 aromatic carbocycles. The standard InChI is InChI=1S/C16H14N4O4S/c1-23-13-6-3-2-5-11(13)12(21)10-24-15(22)9-20-18-16(17-19-20)14-7-4-8-25-14/h2-8H,9-10H2,1H3. The average Bonchev–Trinajstić information content (AvgIpc) is 3.31. The third kappa shape index (κ3) is 4.07. The van der Waals surface area contributed by atoms with Crippen LogP contribution in [0.5, 0.6) is 5.75 Å². The van der Waals surface area contributed by atoms with E-state index in [2.05, 4.69) is 15.4 Å². The molecule has 3 rings (SSSR count). The van der Waals surface area contributed by atoms with E-state index in [1.54, 1.807) is 24.3 Å². The molecular formula is C16H14N4O4S. The Balaban J connectivity index is 1.55. The number of carbonyl (C=O) groups excluding carboxylic acids is 2. The second kappa shape index (κ2) is 7.67. The number of Topliss-reactive ketones (excluding diaryl/α,β-unsaturated/α-hetero) is 1. The van der Waals surface area contributed by atoms with E-state index in [1.807, 2.05) is 17.5 Å². The van der Waals surface area contributed by atoms with Gasteiger partial charge in [0.2, 0.25) is 11.6 Å². The molecule has 0 saturated carbocycles. The highest BCUT2D eigenvalue weighted by atomic mass is 32.1. The second-order valence-electron chi connectivity index (χ2n) is 4.90. The highest BCUT2D eigenvalue weighted by Crippen LogP contribution is 2.19. The van der Waals surface area contributed by atoms with Gasteiger partial charge in [0.25, 0.3) is 0 Å². The molecule has 0 radical (unpaired) electrons. The van der Waals surface area contributed by atoms with Gasteiger partial charge in [0, 0.05) is 0 Å². The zero-order chi connectivity index (χ0) is 17.6. The summed E-state index contributed by atoms with van der Waals surface area (Å²) in [6.45, 7) is -0.608. The molecule has 2 aromatic heterocycles. The number of rotatable bonds is 7. The molecule has 0 amide bonds. The van der Waals surface area contributed by atoms with Crippen molar-refractivity contribution in [3.63, 3.8) is 0 Å². The predicted octanol–water partition coefficient (Wildman–Crippen LogP) is 1.84. The number of ether oxygens (including phenoxy) is 2. The maximum atomic E-state index is 12.1. The number of tetrazole rings is 1. The SMILES string of the molecule is COc1ccccc1C(=O)COC(=O)Cn1nnc(-c2cccs2)n1. The van der Waals surface area contributed by atoms with Gasteiger partial charge in [-0.1, -0.05) is 18.2 Å². The third-order valence-electron chi connectivity index (χ3n) is 3.24. The number of benzene rings is 1. The van der Waals surface area contributed by atoms with Gasteiger partial charge < -0.3 is 9.47 Å². The van der Waals surface area contributed by atoms with Gasteiger partial charge >= 0.3 is 5.97 Å². The number of thiophene rings is 1. The summed E-state index contributed by atoms with van der Waals surface area (Å²) in [4.78, 5) is 26.0. The summed E-state index contributed by atoms with van der Waals surface area (Å²) < 4.78 is 10.1. The van der Waals surface area contributed by atoms with E-state index < -0.39 is 5.97 Å². The van der Waals surface area contributed by atoms with Crippen LogP contribution in [-0.2, 0) is 16.1 Å². The first-order chi connectivity index (χ1) is 12.2. The van der Waals surface area contributed by atoms with Crippen molar-refractivity contribution < 1.29 is 19.1 Å². The maximum absolute atomic E-state index is 12.1. The molecular weight excluding hydrogens is 344 g/mol. The number of nitrogens with zero attached hydrogens (tertiary/aromatic N) is 4. The van der Waals surface area contributed by atoms with Crippen molar-refractivity contribution >= 4 is 23.1 Å². The molecule has 25 heavy (non-hydrogen) atoms. The summed E-state index contributed by atoms with van der Waals surface area (Å²) in [6.07, 6.45) is 0. The molecule has 0 N–H and O–H groups in total. The lowest BCUT2D eigenvalue weighted by molar-refractivity contribution is -0.143. The van der Waals surface area contributed by atoms with Crippen molar-refractivity contribution in [3.05, 3.63) is 47.3 Å². The van der Waals surface area contributed by atoms with Gasteiger partial charge in [-0.3, -0.25) is 4.79 Å². The first-order valence-electron chi connectivity index (χ1n) is 7.31. The summed E-state index contributed by atoms with van der Waals surface area (Å²) in [6, 6.07) is 10.5. The van der Waals surface area contributed by atoms with Gasteiger partial charge in [-0.15, -0.1) is 21.5 Å². The van der Waals surface area contributed by atoms with Crippen molar-refractivity contribution in [1.29, 1.82) is 0 Å². The van der Waals surface area contributed by atoms with Crippen molar-refractivity contribution in [2.75, 3.05) is 13.7 Å². The third-order valence-corrected chi connectivity index (χ3v) is 4.10. The quantitative estimate of drug-likeness (QED) is 0.469. The lowest BCUT2D eigenvalue weighted by atomic mass is 10.1. The largest absolute Gasteiger partial charge is 0.496 e. The molecule has 0 saturated heterocycles. The molecule has 8 nitrogen and oxygen atoms in total. The fraction of sp³-hybridized carbons (Fsp3) is 0.188. The van der Waals surface area contributed by atoms with Crippen LogP contribution in [-0.4, -0.2) is 45.7 Å². The molecule has 0 spiro atoms. The van der Waals surface area contributed by atoms with Gasteiger partial charge in [0.1, 0.15) is 5.75 Å². The Morgan fingerprint density at radius 1 is 1.20 bits per heavy atom. The molecule has 0 aliphatic heterocycles. The number of para-hydroxylation sites is 1. The smallest absolute Gasteiger partial charge is 0.330 e. The topological polar surface area (TPSA) is 96.2 Å². The molecule has 0 aliphatic carbocycles. The Morgan fingerprint density at radius 2 is 2.04 bits per heavy atom. The van der Waals surface area contributed by atoms with E-state index in [9.17, 15) is 9.59 Å². The van der Waals surface area contributed by atoms with Gasteiger partial charge in [-0.25, -0.2) is 4.79 Å². The van der Waals surface area contributed by atoms with Crippen LogP contribution in [0.2, 0.25) is 0 Å². The molecule has 3 aromatic rings. The summed E-state index contributed by atoms with van der Waals surface area (Å²) in [5, 5.41) is 13.7. The van der Waals surface area contributed by atoms with Crippen LogP contribution in [0.1, 0.15) is 10.4 Å². The fourth-order valence-corrected chi connectivity index (χ4v) is 2.72. The van der Waals surface area contributed by atoms with Crippen LogP contribution >= 0.6 is 11.3 Å². The molecule has 0 bridgehead atoms. The number of carbonyl (C=O) groups is 2. The fourth-order valence-electron chi connectivity index (χ4n) is 2.07. The van der Waals surface area contributed by atoms with Crippen molar-refractivity contribution in [2.45, 2.75) is 6.54 Å². The second-order valence-corrected chi connectivity index (χ2v) is 5.85. The monoisotopic (exact) mass is 358 g/mol. The van der Waals surface area contributed by atoms with Gasteiger partial charge in [0.15, 0.2) is 13.2 Å². The van der Waals surface area contributed by atoms with Crippen LogP contribution < -0.4 is 4.74 Å². The van der Waals surface area contributed by atoms with E-state index >= 15 is 0 Å². The van der Waals surface area contributed by atoms with E-state index in [1.165, 1.54) is 18.4 Å². The minimum absolute atomic E-state index is 0.225. The first-order valence-corrected chi connectivity index (χ1v) is 8.19. The molecule has 0 fully saturated rings. The van der Waals surface area contributed by atoms with Crippen LogP contribution in [0.4, 0.5) is 0 Å². The normalized spacial score (nSPS) is 10.4. The number of hydrogen-bond acceptors (Lipinski definition) is 8. The average molecular weight is 358 g/mol. The van der Waals surface area contributed by atoms with Gasteiger partial charge in [-0.05, 0) is 28.8 Å². The minimum atomic E-state index is -0.627. The van der Waals surface area contributed by atoms with Gasteiger partial charge in [0.05, 0.1) is 17.6 Å². The summed E-state index contributed by atoms with van der Waals surface area (Å²) >= 11 is 1.47. The number of aromatic nitrogens is 4. The van der Waals surface area contributed by atoms with Gasteiger partial charge in [-0.2, -0.15) is 4.80 Å². The molecule has 2 heterocycles. The number of esters is 1. The van der Waals surface area contributed by atoms with Crippen LogP contribution in [0, 0.1) is 0 Å². The van der Waals surface area contributed by atoms with E-state index in [0.29, 0.717) is 17.1 Å².